The third-order valence-corrected chi connectivity index (χ3v) is 7.42. The van der Waals surface area contributed by atoms with Gasteiger partial charge in [0.15, 0.2) is 15.0 Å². The predicted molar refractivity (Wildman–Crippen MR) is 112 cm³/mol. The van der Waals surface area contributed by atoms with E-state index in [1.807, 2.05) is 59.5 Å². The molecule has 0 N–H and O–H groups in total. The van der Waals surface area contributed by atoms with Gasteiger partial charge in [-0.2, -0.15) is 0 Å². The summed E-state index contributed by atoms with van der Waals surface area (Å²) in [4.78, 5) is 6.75. The summed E-state index contributed by atoms with van der Waals surface area (Å²) >= 11 is 7.60. The van der Waals surface area contributed by atoms with Gasteiger partial charge in [-0.25, -0.2) is 8.42 Å². The van der Waals surface area contributed by atoms with Crippen LogP contribution in [-0.4, -0.2) is 49.5 Å². The quantitative estimate of drug-likeness (QED) is 0.690. The first-order valence-corrected chi connectivity index (χ1v) is 11.8. The van der Waals surface area contributed by atoms with Crippen molar-refractivity contribution in [2.45, 2.75) is 12.1 Å². The topological polar surface area (TPSA) is 59.0 Å². The van der Waals surface area contributed by atoms with Crippen LogP contribution in [0.3, 0.4) is 0 Å². The molecule has 4 rings (SSSR count). The minimum atomic E-state index is -3.05. The number of nitrogens with zero attached hydrogens (tertiary/aromatic N) is 2. The lowest BCUT2D eigenvalue weighted by Crippen LogP contribution is -2.39. The SMILES string of the molecule is O=S1(=O)CC2N=C(SCCOc3ccccc3)N(c3ccc(Cl)cc3)C2C1. The van der Waals surface area contributed by atoms with E-state index in [4.69, 9.17) is 21.3 Å². The average Bonchev–Trinajstić information content (AvgIpc) is 3.11. The molecule has 2 atom stereocenters. The van der Waals surface area contributed by atoms with Gasteiger partial charge in [-0.05, 0) is 36.4 Å². The Morgan fingerprint density at radius 1 is 1.11 bits per heavy atom. The van der Waals surface area contributed by atoms with E-state index in [0.717, 1.165) is 22.4 Å². The molecular weight excluding hydrogens is 404 g/mol. The monoisotopic (exact) mass is 422 g/mol. The Bertz CT molecular complexity index is 933. The van der Waals surface area contributed by atoms with Gasteiger partial charge in [0.05, 0.1) is 30.2 Å². The summed E-state index contributed by atoms with van der Waals surface area (Å²) in [7, 11) is -3.05. The number of ether oxygens (including phenoxy) is 1. The second-order valence-corrected chi connectivity index (χ2v) is 10.1. The van der Waals surface area contributed by atoms with Crippen molar-refractivity contribution in [1.82, 2.24) is 0 Å². The Labute approximate surface area is 168 Å². The highest BCUT2D eigenvalue weighted by Gasteiger charge is 2.47. The number of thioether (sulfide) groups is 1. The highest BCUT2D eigenvalue weighted by Crippen LogP contribution is 2.35. The minimum absolute atomic E-state index is 0.117. The van der Waals surface area contributed by atoms with E-state index >= 15 is 0 Å². The van der Waals surface area contributed by atoms with Gasteiger partial charge in [0.2, 0.25) is 0 Å². The number of rotatable bonds is 5. The molecule has 1 fully saturated rings. The Morgan fingerprint density at radius 3 is 2.59 bits per heavy atom. The zero-order chi connectivity index (χ0) is 18.9. The van der Waals surface area contributed by atoms with Gasteiger partial charge in [0.1, 0.15) is 5.75 Å². The summed E-state index contributed by atoms with van der Waals surface area (Å²) in [5.74, 6) is 1.81. The van der Waals surface area contributed by atoms with Crippen molar-refractivity contribution in [1.29, 1.82) is 0 Å². The maximum absolute atomic E-state index is 12.1. The molecule has 2 heterocycles. The number of anilines is 1. The largest absolute Gasteiger partial charge is 0.493 e. The van der Waals surface area contributed by atoms with Crippen LogP contribution in [0.1, 0.15) is 0 Å². The van der Waals surface area contributed by atoms with Crippen molar-refractivity contribution in [3.05, 3.63) is 59.6 Å². The number of benzene rings is 2. The van der Waals surface area contributed by atoms with Gasteiger partial charge in [-0.15, -0.1) is 0 Å². The Kier molecular flexibility index (Phi) is 5.34. The average molecular weight is 423 g/mol. The first-order chi connectivity index (χ1) is 13.0. The van der Waals surface area contributed by atoms with E-state index in [1.165, 1.54) is 0 Å². The lowest BCUT2D eigenvalue weighted by Gasteiger charge is -2.26. The van der Waals surface area contributed by atoms with Gasteiger partial charge < -0.3 is 9.64 Å². The highest BCUT2D eigenvalue weighted by atomic mass is 35.5. The van der Waals surface area contributed by atoms with Crippen LogP contribution in [0, 0.1) is 0 Å². The van der Waals surface area contributed by atoms with Crippen molar-refractivity contribution >= 4 is 44.1 Å². The normalized spacial score (nSPS) is 23.1. The van der Waals surface area contributed by atoms with Gasteiger partial charge in [-0.1, -0.05) is 41.6 Å². The van der Waals surface area contributed by atoms with Crippen LogP contribution in [0.5, 0.6) is 5.75 Å². The fourth-order valence-corrected chi connectivity index (χ4v) is 6.26. The number of para-hydroxylation sites is 1. The molecule has 2 aromatic carbocycles. The Balaban J connectivity index is 1.46. The van der Waals surface area contributed by atoms with Crippen LogP contribution < -0.4 is 9.64 Å². The number of halogens is 1. The van der Waals surface area contributed by atoms with Crippen molar-refractivity contribution in [3.63, 3.8) is 0 Å². The second-order valence-electron chi connectivity index (χ2n) is 6.48. The maximum atomic E-state index is 12.1. The fourth-order valence-electron chi connectivity index (χ4n) is 3.35. The molecule has 0 bridgehead atoms. The van der Waals surface area contributed by atoms with Crippen molar-refractivity contribution < 1.29 is 13.2 Å². The Hall–Kier alpha value is -1.70. The van der Waals surface area contributed by atoms with Gasteiger partial charge in [-0.3, -0.25) is 4.99 Å². The first-order valence-electron chi connectivity index (χ1n) is 8.65. The molecule has 5 nitrogen and oxygen atoms in total. The summed E-state index contributed by atoms with van der Waals surface area (Å²) in [5, 5.41) is 1.50. The maximum Gasteiger partial charge on any atom is 0.164 e. The molecule has 1 saturated heterocycles. The molecule has 0 radical (unpaired) electrons. The fraction of sp³-hybridized carbons (Fsp3) is 0.316. The Morgan fingerprint density at radius 2 is 1.85 bits per heavy atom. The van der Waals surface area contributed by atoms with E-state index < -0.39 is 9.84 Å². The summed E-state index contributed by atoms with van der Waals surface area (Å²) in [6, 6.07) is 16.8. The van der Waals surface area contributed by atoms with Crippen molar-refractivity contribution in [3.8, 4) is 5.75 Å². The lowest BCUT2D eigenvalue weighted by atomic mass is 10.1. The number of sulfone groups is 1. The molecule has 2 aromatic rings. The van der Waals surface area contributed by atoms with Gasteiger partial charge in [0.25, 0.3) is 0 Å². The van der Waals surface area contributed by atoms with E-state index in [9.17, 15) is 8.42 Å². The number of aliphatic imine (C=N–C) groups is 1. The van der Waals surface area contributed by atoms with Crippen LogP contribution in [0.4, 0.5) is 5.69 Å². The molecule has 0 spiro atoms. The van der Waals surface area contributed by atoms with Crippen molar-refractivity contribution in [2.24, 2.45) is 4.99 Å². The second kappa shape index (κ2) is 7.73. The number of amidine groups is 1. The van der Waals surface area contributed by atoms with Crippen molar-refractivity contribution in [2.75, 3.05) is 28.8 Å². The van der Waals surface area contributed by atoms with Crippen LogP contribution in [0.25, 0.3) is 0 Å². The molecule has 0 saturated carbocycles. The number of fused-ring (bicyclic) bond motifs is 1. The van der Waals surface area contributed by atoms with E-state index in [0.29, 0.717) is 11.6 Å². The molecule has 0 amide bonds. The zero-order valence-corrected chi connectivity index (χ0v) is 16.9. The van der Waals surface area contributed by atoms with E-state index in [-0.39, 0.29) is 23.6 Å². The molecule has 27 heavy (non-hydrogen) atoms. The minimum Gasteiger partial charge on any atom is -0.493 e. The summed E-state index contributed by atoms with van der Waals surface area (Å²) < 4.78 is 29.9. The molecule has 2 aliphatic rings. The highest BCUT2D eigenvalue weighted by molar-refractivity contribution is 8.14. The van der Waals surface area contributed by atoms with E-state index in [2.05, 4.69) is 0 Å². The smallest absolute Gasteiger partial charge is 0.164 e. The first kappa shape index (κ1) is 18.7. The molecule has 142 valence electrons. The molecular formula is C19H19ClN2O3S2. The summed E-state index contributed by atoms with van der Waals surface area (Å²) in [6.07, 6.45) is 0. The third kappa shape index (κ3) is 4.25. The molecule has 0 aromatic heterocycles. The van der Waals surface area contributed by atoms with Crippen LogP contribution in [0.2, 0.25) is 5.02 Å². The zero-order valence-electron chi connectivity index (χ0n) is 14.5. The molecule has 2 unspecified atom stereocenters. The van der Waals surface area contributed by atoms with E-state index in [1.54, 1.807) is 11.8 Å². The summed E-state index contributed by atoms with van der Waals surface area (Å²) in [5.41, 5.74) is 0.916. The molecule has 2 aliphatic heterocycles. The lowest BCUT2D eigenvalue weighted by molar-refractivity contribution is 0.344. The van der Waals surface area contributed by atoms with Crippen LogP contribution in [0.15, 0.2) is 59.6 Å². The molecule has 0 aliphatic carbocycles. The standard InChI is InChI=1S/C19H19ClN2O3S2/c20-14-6-8-15(9-7-14)22-18-13-27(23,24)12-17(18)21-19(22)26-11-10-25-16-4-2-1-3-5-16/h1-9,17-18H,10-13H2. The number of hydrogen-bond donors (Lipinski definition) is 0. The van der Waals surface area contributed by atoms with Crippen LogP contribution in [-0.2, 0) is 9.84 Å². The molecule has 8 heteroatoms. The van der Waals surface area contributed by atoms with Crippen LogP contribution >= 0.6 is 23.4 Å². The summed E-state index contributed by atoms with van der Waals surface area (Å²) in [6.45, 7) is 0.551. The van der Waals surface area contributed by atoms with Gasteiger partial charge in [0, 0.05) is 16.5 Å². The van der Waals surface area contributed by atoms with Gasteiger partial charge >= 0.3 is 0 Å². The predicted octanol–water partition coefficient (Wildman–Crippen LogP) is 3.49. The third-order valence-electron chi connectivity index (χ3n) is 4.54. The number of hydrogen-bond acceptors (Lipinski definition) is 6.